The van der Waals surface area contributed by atoms with Crippen LogP contribution in [0.1, 0.15) is 84.1 Å². The Labute approximate surface area is 182 Å². The molecule has 4 saturated carbocycles. The molecule has 0 amide bonds. The van der Waals surface area contributed by atoms with E-state index in [2.05, 4.69) is 44.2 Å². The molecule has 30 heavy (non-hydrogen) atoms. The van der Waals surface area contributed by atoms with Gasteiger partial charge in [-0.25, -0.2) is 0 Å². The molecule has 1 aromatic rings. The summed E-state index contributed by atoms with van der Waals surface area (Å²) in [7, 11) is 0. The largest absolute Gasteiger partial charge is 0.390 e. The summed E-state index contributed by atoms with van der Waals surface area (Å²) in [4.78, 5) is 12.4. The first-order valence-electron chi connectivity index (χ1n) is 12.5. The Bertz CT molecular complexity index is 802. The lowest BCUT2D eigenvalue weighted by molar-refractivity contribution is -0.153. The van der Waals surface area contributed by atoms with Crippen LogP contribution in [0, 0.1) is 40.4 Å². The maximum atomic E-state index is 12.4. The molecule has 5 rings (SSSR count). The van der Waals surface area contributed by atoms with Gasteiger partial charge >= 0.3 is 0 Å². The summed E-state index contributed by atoms with van der Waals surface area (Å²) in [5.74, 6) is 3.72. The van der Waals surface area contributed by atoms with Crippen LogP contribution < -0.4 is 0 Å². The Hall–Kier alpha value is -1.15. The summed E-state index contributed by atoms with van der Waals surface area (Å²) >= 11 is 0. The molecule has 2 heteroatoms. The molecule has 0 spiro atoms. The van der Waals surface area contributed by atoms with Crippen LogP contribution in [0.5, 0.6) is 0 Å². The number of ketones is 1. The van der Waals surface area contributed by atoms with E-state index in [4.69, 9.17) is 0 Å². The maximum absolute atomic E-state index is 12.4. The fourth-order valence-corrected chi connectivity index (χ4v) is 9.13. The summed E-state index contributed by atoms with van der Waals surface area (Å²) in [5, 5.41) is 11.5. The summed E-state index contributed by atoms with van der Waals surface area (Å²) in [6.45, 7) is 6.84. The Kier molecular flexibility index (Phi) is 4.97. The molecule has 0 bridgehead atoms. The van der Waals surface area contributed by atoms with Crippen molar-refractivity contribution in [3.8, 4) is 0 Å². The highest BCUT2D eigenvalue weighted by Crippen LogP contribution is 2.68. The fraction of sp³-hybridized carbons (Fsp3) is 0.750. The molecule has 0 aromatic heterocycles. The van der Waals surface area contributed by atoms with E-state index in [0.717, 1.165) is 43.4 Å². The molecule has 4 aliphatic rings. The molecule has 4 fully saturated rings. The lowest BCUT2D eigenvalue weighted by atomic mass is 9.43. The second-order valence-corrected chi connectivity index (χ2v) is 12.0. The Morgan fingerprint density at radius 2 is 1.67 bits per heavy atom. The number of hydrogen-bond acceptors (Lipinski definition) is 2. The zero-order chi connectivity index (χ0) is 21.1. The van der Waals surface area contributed by atoms with E-state index in [-0.39, 0.29) is 5.41 Å². The van der Waals surface area contributed by atoms with Crippen molar-refractivity contribution in [1.29, 1.82) is 0 Å². The van der Waals surface area contributed by atoms with Crippen molar-refractivity contribution in [2.75, 3.05) is 0 Å². The molecule has 8 atom stereocenters. The highest BCUT2D eigenvalue weighted by molar-refractivity contribution is 5.79. The van der Waals surface area contributed by atoms with Crippen LogP contribution in [-0.2, 0) is 11.2 Å². The van der Waals surface area contributed by atoms with E-state index in [1.54, 1.807) is 0 Å². The lowest BCUT2D eigenvalue weighted by Crippen LogP contribution is -2.56. The van der Waals surface area contributed by atoms with Crippen LogP contribution in [0.4, 0.5) is 0 Å². The highest BCUT2D eigenvalue weighted by atomic mass is 16.3. The van der Waals surface area contributed by atoms with Crippen molar-refractivity contribution in [2.45, 2.75) is 90.6 Å². The third-order valence-corrected chi connectivity index (χ3v) is 10.7. The van der Waals surface area contributed by atoms with Gasteiger partial charge in [-0.15, -0.1) is 0 Å². The first-order valence-corrected chi connectivity index (χ1v) is 12.5. The predicted octanol–water partition coefficient (Wildman–Crippen LogP) is 6.21. The predicted molar refractivity (Wildman–Crippen MR) is 121 cm³/mol. The lowest BCUT2D eigenvalue weighted by Gasteiger charge is -2.62. The van der Waals surface area contributed by atoms with E-state index >= 15 is 0 Å². The molecule has 3 unspecified atom stereocenters. The summed E-state index contributed by atoms with van der Waals surface area (Å²) in [6.07, 6.45) is 11.4. The van der Waals surface area contributed by atoms with Gasteiger partial charge in [0.15, 0.2) is 0 Å². The van der Waals surface area contributed by atoms with Gasteiger partial charge in [-0.3, -0.25) is 4.79 Å². The number of aliphatic hydroxyl groups is 1. The highest BCUT2D eigenvalue weighted by Gasteiger charge is 2.61. The maximum Gasteiger partial charge on any atom is 0.133 e. The van der Waals surface area contributed by atoms with Crippen molar-refractivity contribution in [3.63, 3.8) is 0 Å². The van der Waals surface area contributed by atoms with Crippen molar-refractivity contribution in [3.05, 3.63) is 35.9 Å². The van der Waals surface area contributed by atoms with E-state index in [0.29, 0.717) is 23.0 Å². The van der Waals surface area contributed by atoms with Gasteiger partial charge in [-0.05, 0) is 105 Å². The molecule has 0 heterocycles. The van der Waals surface area contributed by atoms with Gasteiger partial charge in [0, 0.05) is 12.3 Å². The molecular weight excluding hydrogens is 368 g/mol. The van der Waals surface area contributed by atoms with Crippen LogP contribution in [0.15, 0.2) is 30.3 Å². The topological polar surface area (TPSA) is 37.3 Å². The average molecular weight is 409 g/mol. The number of carbonyl (C=O) groups is 1. The SMILES string of the molecule is CC(=O)[C@H]1CCC2C3CC[C@@H]4C[C@@](O)(Cc5ccccc5)CC[C@]4(C)C3CC[C@@]21C. The second-order valence-electron chi connectivity index (χ2n) is 12.0. The van der Waals surface area contributed by atoms with Gasteiger partial charge in [0.25, 0.3) is 0 Å². The second kappa shape index (κ2) is 7.19. The summed E-state index contributed by atoms with van der Waals surface area (Å²) in [6, 6.07) is 10.6. The molecule has 0 saturated heterocycles. The van der Waals surface area contributed by atoms with Crippen molar-refractivity contribution in [1.82, 2.24) is 0 Å². The third-order valence-electron chi connectivity index (χ3n) is 10.7. The zero-order valence-corrected chi connectivity index (χ0v) is 19.2. The summed E-state index contributed by atoms with van der Waals surface area (Å²) in [5.41, 5.74) is 1.36. The third kappa shape index (κ3) is 3.12. The Morgan fingerprint density at radius 3 is 2.40 bits per heavy atom. The van der Waals surface area contributed by atoms with E-state index in [1.807, 2.05) is 6.92 Å². The van der Waals surface area contributed by atoms with Gasteiger partial charge in [-0.1, -0.05) is 44.2 Å². The van der Waals surface area contributed by atoms with Crippen LogP contribution in [0.25, 0.3) is 0 Å². The molecule has 0 radical (unpaired) electrons. The number of fused-ring (bicyclic) bond motifs is 5. The van der Waals surface area contributed by atoms with Crippen LogP contribution >= 0.6 is 0 Å². The van der Waals surface area contributed by atoms with Gasteiger partial charge in [0.2, 0.25) is 0 Å². The average Bonchev–Trinajstić information content (AvgIpc) is 3.07. The quantitative estimate of drug-likeness (QED) is 0.646. The first kappa shape index (κ1) is 20.7. The molecule has 4 aliphatic carbocycles. The van der Waals surface area contributed by atoms with Gasteiger partial charge in [-0.2, -0.15) is 0 Å². The minimum absolute atomic E-state index is 0.249. The van der Waals surface area contributed by atoms with E-state index in [1.165, 1.54) is 44.1 Å². The van der Waals surface area contributed by atoms with E-state index in [9.17, 15) is 9.90 Å². The summed E-state index contributed by atoms with van der Waals surface area (Å²) < 4.78 is 0. The van der Waals surface area contributed by atoms with Crippen molar-refractivity contribution in [2.24, 2.45) is 40.4 Å². The molecule has 1 N–H and O–H groups in total. The Morgan fingerprint density at radius 1 is 0.933 bits per heavy atom. The first-order chi connectivity index (χ1) is 14.3. The smallest absolute Gasteiger partial charge is 0.133 e. The van der Waals surface area contributed by atoms with Gasteiger partial charge in [0.05, 0.1) is 5.60 Å². The van der Waals surface area contributed by atoms with Crippen molar-refractivity contribution < 1.29 is 9.90 Å². The van der Waals surface area contributed by atoms with E-state index < -0.39 is 5.60 Å². The Balaban J connectivity index is 1.35. The molecule has 1 aromatic carbocycles. The standard InChI is InChI=1S/C28H40O2/c1-19(29)23-11-12-24-22-10-9-21-18-28(30,17-20-7-5-4-6-8-20)16-15-26(21,2)25(22)13-14-27(23,24)3/h4-8,21-25,30H,9-18H2,1-3H3/t21-,22?,23-,24?,25?,26+,27-,28+/m1/s1. The van der Waals surface area contributed by atoms with Crippen LogP contribution in [-0.4, -0.2) is 16.5 Å². The number of hydrogen-bond donors (Lipinski definition) is 1. The normalized spacial score (nSPS) is 47.8. The molecule has 0 aliphatic heterocycles. The number of Topliss-reactive ketones (excluding diaryl/α,β-unsaturated/α-hetero) is 1. The number of rotatable bonds is 3. The molecule has 2 nitrogen and oxygen atoms in total. The minimum Gasteiger partial charge on any atom is -0.390 e. The van der Waals surface area contributed by atoms with Gasteiger partial charge in [0.1, 0.15) is 5.78 Å². The molecule has 164 valence electrons. The van der Waals surface area contributed by atoms with Crippen LogP contribution in [0.3, 0.4) is 0 Å². The minimum atomic E-state index is -0.533. The number of carbonyl (C=O) groups excluding carboxylic acids is 1. The van der Waals surface area contributed by atoms with Gasteiger partial charge < -0.3 is 5.11 Å². The van der Waals surface area contributed by atoms with Crippen LogP contribution in [0.2, 0.25) is 0 Å². The van der Waals surface area contributed by atoms with Crippen molar-refractivity contribution >= 4 is 5.78 Å². The zero-order valence-electron chi connectivity index (χ0n) is 19.2. The number of benzene rings is 1. The monoisotopic (exact) mass is 408 g/mol. The fourth-order valence-electron chi connectivity index (χ4n) is 9.13. The molecular formula is C28H40O2.